The van der Waals surface area contributed by atoms with Gasteiger partial charge in [0.15, 0.2) is 0 Å². The van der Waals surface area contributed by atoms with Gasteiger partial charge in [0.1, 0.15) is 0 Å². The summed E-state index contributed by atoms with van der Waals surface area (Å²) in [5.74, 6) is -0.490. The van der Waals surface area contributed by atoms with Crippen molar-refractivity contribution in [2.45, 2.75) is 33.1 Å². The smallest absolute Gasteiger partial charge is 0.212 e. The van der Waals surface area contributed by atoms with Crippen molar-refractivity contribution in [2.75, 3.05) is 0 Å². The Bertz CT molecular complexity index is 556. The molecule has 2 aromatic rings. The highest BCUT2D eigenvalue weighted by Crippen LogP contribution is 2.30. The minimum atomic E-state index is -0.490. The largest absolute Gasteiger partial charge is 0.228 e. The van der Waals surface area contributed by atoms with Crippen LogP contribution in [0.25, 0.3) is 11.3 Å². The predicted molar refractivity (Wildman–Crippen MR) is 68.7 cm³/mol. The zero-order chi connectivity index (χ0) is 13.3. The summed E-state index contributed by atoms with van der Waals surface area (Å²) in [7, 11) is 0. The van der Waals surface area contributed by atoms with Crippen LogP contribution in [0.15, 0.2) is 24.4 Å². The molecule has 0 unspecified atom stereocenters. The van der Waals surface area contributed by atoms with E-state index in [1.807, 2.05) is 13.0 Å². The topological polar surface area (TPSA) is 38.7 Å². The molecular weight excluding hydrogens is 229 g/mol. The highest BCUT2D eigenvalue weighted by molar-refractivity contribution is 5.63. The first-order valence-corrected chi connectivity index (χ1v) is 5.84. The molecule has 0 aliphatic rings. The van der Waals surface area contributed by atoms with Gasteiger partial charge in [0.25, 0.3) is 0 Å². The number of aryl methyl sites for hydroxylation is 1. The van der Waals surface area contributed by atoms with Gasteiger partial charge in [0, 0.05) is 11.8 Å². The van der Waals surface area contributed by atoms with Crippen LogP contribution in [0, 0.1) is 12.9 Å². The predicted octanol–water partition coefficient (Wildman–Crippen LogP) is 3.28. The Morgan fingerprint density at radius 1 is 1.11 bits per heavy atom. The highest BCUT2D eigenvalue weighted by atomic mass is 19.1. The van der Waals surface area contributed by atoms with Crippen molar-refractivity contribution >= 4 is 0 Å². The van der Waals surface area contributed by atoms with Gasteiger partial charge in [-0.2, -0.15) is 9.49 Å². The first kappa shape index (κ1) is 12.6. The molecule has 2 aromatic heterocycles. The van der Waals surface area contributed by atoms with Gasteiger partial charge in [-0.3, -0.25) is 0 Å². The van der Waals surface area contributed by atoms with Crippen molar-refractivity contribution in [2.24, 2.45) is 0 Å². The molecule has 0 spiro atoms. The molecule has 2 rings (SSSR count). The van der Waals surface area contributed by atoms with Crippen LogP contribution in [0.3, 0.4) is 0 Å². The van der Waals surface area contributed by atoms with Crippen LogP contribution in [-0.2, 0) is 5.41 Å². The number of pyridine rings is 1. The molecule has 3 nitrogen and oxygen atoms in total. The molecule has 0 fully saturated rings. The number of hydrogen-bond acceptors (Lipinski definition) is 3. The van der Waals surface area contributed by atoms with Crippen molar-refractivity contribution < 1.29 is 4.39 Å². The third kappa shape index (κ3) is 2.53. The maximum atomic E-state index is 12.9. The van der Waals surface area contributed by atoms with Gasteiger partial charge in [-0.1, -0.05) is 20.8 Å². The van der Waals surface area contributed by atoms with Crippen LogP contribution in [0.4, 0.5) is 4.39 Å². The van der Waals surface area contributed by atoms with Gasteiger partial charge in [-0.05, 0) is 36.1 Å². The Morgan fingerprint density at radius 3 is 2.39 bits per heavy atom. The second-order valence-electron chi connectivity index (χ2n) is 5.37. The monoisotopic (exact) mass is 245 g/mol. The molecule has 0 amide bonds. The second-order valence-corrected chi connectivity index (χ2v) is 5.37. The summed E-state index contributed by atoms with van der Waals surface area (Å²) in [6, 6.07) is 5.03. The van der Waals surface area contributed by atoms with Crippen LogP contribution < -0.4 is 0 Å². The molecule has 4 heteroatoms. The fourth-order valence-corrected chi connectivity index (χ4v) is 1.79. The second kappa shape index (κ2) is 4.44. The fraction of sp³-hybridized carbons (Fsp3) is 0.357. The molecule has 18 heavy (non-hydrogen) atoms. The summed E-state index contributed by atoms with van der Waals surface area (Å²) in [6.07, 6.45) is 1.49. The molecule has 94 valence electrons. The molecule has 0 radical (unpaired) electrons. The van der Waals surface area contributed by atoms with Crippen LogP contribution in [0.2, 0.25) is 0 Å². The van der Waals surface area contributed by atoms with Gasteiger partial charge in [0.05, 0.1) is 11.4 Å². The lowest BCUT2D eigenvalue weighted by Crippen LogP contribution is -2.15. The first-order valence-electron chi connectivity index (χ1n) is 5.84. The zero-order valence-corrected chi connectivity index (χ0v) is 11.0. The normalized spacial score (nSPS) is 11.6. The van der Waals surface area contributed by atoms with Crippen molar-refractivity contribution in [3.05, 3.63) is 41.6 Å². The summed E-state index contributed by atoms with van der Waals surface area (Å²) >= 11 is 0. The maximum Gasteiger partial charge on any atom is 0.212 e. The summed E-state index contributed by atoms with van der Waals surface area (Å²) in [5.41, 5.74) is 3.46. The van der Waals surface area contributed by atoms with E-state index in [9.17, 15) is 4.39 Å². The summed E-state index contributed by atoms with van der Waals surface area (Å²) in [5, 5.41) is 8.31. The Hall–Kier alpha value is -1.84. The van der Waals surface area contributed by atoms with Gasteiger partial charge >= 0.3 is 0 Å². The van der Waals surface area contributed by atoms with Crippen molar-refractivity contribution in [3.63, 3.8) is 0 Å². The third-order valence-electron chi connectivity index (χ3n) is 2.72. The molecular formula is C14H16FN3. The van der Waals surface area contributed by atoms with E-state index >= 15 is 0 Å². The third-order valence-corrected chi connectivity index (χ3v) is 2.72. The molecule has 0 aliphatic heterocycles. The maximum absolute atomic E-state index is 12.9. The number of rotatable bonds is 1. The lowest BCUT2D eigenvalue weighted by molar-refractivity contribution is 0.581. The lowest BCUT2D eigenvalue weighted by Gasteiger charge is -2.22. The summed E-state index contributed by atoms with van der Waals surface area (Å²) in [4.78, 5) is 3.67. The quantitative estimate of drug-likeness (QED) is 0.724. The molecule has 0 N–H and O–H groups in total. The van der Waals surface area contributed by atoms with Crippen molar-refractivity contribution in [3.8, 4) is 11.3 Å². The number of nitrogens with zero attached hydrogens (tertiary/aromatic N) is 3. The van der Waals surface area contributed by atoms with Crippen LogP contribution in [0.5, 0.6) is 0 Å². The van der Waals surface area contributed by atoms with Crippen molar-refractivity contribution in [1.29, 1.82) is 0 Å². The number of hydrogen-bond donors (Lipinski definition) is 0. The van der Waals surface area contributed by atoms with E-state index < -0.39 is 5.95 Å². The molecule has 2 heterocycles. The van der Waals surface area contributed by atoms with Crippen LogP contribution >= 0.6 is 0 Å². The van der Waals surface area contributed by atoms with Gasteiger partial charge in [-0.25, -0.2) is 4.98 Å². The van der Waals surface area contributed by atoms with E-state index in [1.54, 1.807) is 6.07 Å². The number of halogens is 1. The SMILES string of the molecule is Cc1cc(C(C)(C)C)c(-c2ccc(F)nc2)nn1. The average molecular weight is 245 g/mol. The van der Waals surface area contributed by atoms with Gasteiger partial charge in [0.2, 0.25) is 5.95 Å². The van der Waals surface area contributed by atoms with E-state index in [1.165, 1.54) is 12.3 Å². The Kier molecular flexibility index (Phi) is 3.11. The molecule has 0 saturated carbocycles. The molecule has 0 bridgehead atoms. The highest BCUT2D eigenvalue weighted by Gasteiger charge is 2.21. The van der Waals surface area contributed by atoms with Gasteiger partial charge < -0.3 is 0 Å². The van der Waals surface area contributed by atoms with E-state index in [-0.39, 0.29) is 5.41 Å². The van der Waals surface area contributed by atoms with E-state index in [4.69, 9.17) is 0 Å². The van der Waals surface area contributed by atoms with Crippen LogP contribution in [0.1, 0.15) is 32.0 Å². The lowest BCUT2D eigenvalue weighted by atomic mass is 9.84. The van der Waals surface area contributed by atoms with Gasteiger partial charge in [-0.15, -0.1) is 5.10 Å². The minimum absolute atomic E-state index is 0.0512. The van der Waals surface area contributed by atoms with E-state index in [0.717, 1.165) is 22.5 Å². The molecule has 0 aliphatic carbocycles. The Morgan fingerprint density at radius 2 is 1.83 bits per heavy atom. The molecule has 0 aromatic carbocycles. The van der Waals surface area contributed by atoms with E-state index in [0.29, 0.717) is 0 Å². The van der Waals surface area contributed by atoms with E-state index in [2.05, 4.69) is 36.0 Å². The Labute approximate surface area is 106 Å². The zero-order valence-electron chi connectivity index (χ0n) is 11.0. The minimum Gasteiger partial charge on any atom is -0.228 e. The number of aromatic nitrogens is 3. The standard InChI is InChI=1S/C14H16FN3/c1-9-7-11(14(2,3)4)13(18-17-9)10-5-6-12(15)16-8-10/h5-8H,1-4H3. The average Bonchev–Trinajstić information content (AvgIpc) is 2.29. The fourth-order valence-electron chi connectivity index (χ4n) is 1.79. The summed E-state index contributed by atoms with van der Waals surface area (Å²) < 4.78 is 12.9. The van der Waals surface area contributed by atoms with Crippen LogP contribution in [-0.4, -0.2) is 15.2 Å². The first-order chi connectivity index (χ1) is 8.38. The summed E-state index contributed by atoms with van der Waals surface area (Å²) in [6.45, 7) is 8.26. The molecule has 0 atom stereocenters. The Balaban J connectivity index is 2.60. The van der Waals surface area contributed by atoms with Crippen molar-refractivity contribution in [1.82, 2.24) is 15.2 Å². The molecule has 0 saturated heterocycles.